The van der Waals surface area contributed by atoms with E-state index in [2.05, 4.69) is 76.7 Å². The fourth-order valence-electron chi connectivity index (χ4n) is 5.37. The highest BCUT2D eigenvalue weighted by atomic mass is 16.2. The predicted molar refractivity (Wildman–Crippen MR) is 143 cm³/mol. The highest BCUT2D eigenvalue weighted by Gasteiger charge is 2.33. The smallest absolute Gasteiger partial charge is 0.244 e. The lowest BCUT2D eigenvalue weighted by atomic mass is 10.0. The largest absolute Gasteiger partial charge is 0.358 e. The Morgan fingerprint density at radius 3 is 2.61 bits per heavy atom. The van der Waals surface area contributed by atoms with Gasteiger partial charge in [0.25, 0.3) is 0 Å². The van der Waals surface area contributed by atoms with Gasteiger partial charge >= 0.3 is 0 Å². The minimum atomic E-state index is -0.382. The highest BCUT2D eigenvalue weighted by molar-refractivity contribution is 5.92. The molecule has 0 aliphatic carbocycles. The van der Waals surface area contributed by atoms with E-state index in [-0.39, 0.29) is 24.0 Å². The van der Waals surface area contributed by atoms with Crippen molar-refractivity contribution in [2.24, 2.45) is 5.92 Å². The van der Waals surface area contributed by atoms with Crippen LogP contribution in [0.25, 0.3) is 21.7 Å². The maximum atomic E-state index is 13.5. The Kier molecular flexibility index (Phi) is 6.03. The van der Waals surface area contributed by atoms with Gasteiger partial charge in [-0.15, -0.1) is 0 Å². The van der Waals surface area contributed by atoms with Crippen LogP contribution in [0.5, 0.6) is 0 Å². The Bertz CT molecular complexity index is 1420. The molecule has 7 nitrogen and oxygen atoms in total. The van der Waals surface area contributed by atoms with E-state index in [4.69, 9.17) is 9.97 Å². The molecule has 2 atom stereocenters. The lowest BCUT2D eigenvalue weighted by Crippen LogP contribution is -2.62. The van der Waals surface area contributed by atoms with Crippen molar-refractivity contribution < 1.29 is 4.79 Å². The molecule has 3 aromatic carbocycles. The molecule has 36 heavy (non-hydrogen) atoms. The molecular formula is C29H32N6O. The maximum Gasteiger partial charge on any atom is 0.244 e. The Labute approximate surface area is 211 Å². The van der Waals surface area contributed by atoms with Gasteiger partial charge in [-0.05, 0) is 40.5 Å². The molecule has 0 spiro atoms. The van der Waals surface area contributed by atoms with Gasteiger partial charge in [0.05, 0.1) is 18.2 Å². The number of nitrogens with zero attached hydrogens (tertiary/aromatic N) is 4. The number of anilines is 1. The van der Waals surface area contributed by atoms with Crippen molar-refractivity contribution in [2.45, 2.75) is 39.1 Å². The van der Waals surface area contributed by atoms with E-state index < -0.39 is 0 Å². The Morgan fingerprint density at radius 2 is 1.75 bits per heavy atom. The first-order valence-corrected chi connectivity index (χ1v) is 12.8. The highest BCUT2D eigenvalue weighted by Crippen LogP contribution is 2.25. The summed E-state index contributed by atoms with van der Waals surface area (Å²) in [6.45, 7) is 8.10. The fraction of sp³-hybridized carbons (Fsp3) is 0.345. The molecule has 6 rings (SSSR count). The van der Waals surface area contributed by atoms with Gasteiger partial charge in [-0.1, -0.05) is 62.4 Å². The maximum absolute atomic E-state index is 13.5. The molecule has 3 heterocycles. The van der Waals surface area contributed by atoms with Crippen LogP contribution < -0.4 is 10.6 Å². The van der Waals surface area contributed by atoms with Crippen LogP contribution in [0.3, 0.4) is 0 Å². The van der Waals surface area contributed by atoms with Gasteiger partial charge in [0.1, 0.15) is 17.7 Å². The number of piperazine rings is 1. The van der Waals surface area contributed by atoms with Crippen LogP contribution in [0.2, 0.25) is 0 Å². The number of para-hydroxylation sites is 1. The first kappa shape index (κ1) is 22.9. The standard InChI is InChI=1S/C29H32N6O/c1-19(2)27-29(36)32-26-18-34(16-20-11-12-21-7-3-4-8-22(21)15-20)13-14-35(26)17-25-30-24-10-6-5-9-23(24)28(31-25)33-27/h3-12,15,19,26-27H,13-14,16-18H2,1-2H3,(H,32,36)(H,30,31,33)/t26?,27-/m0/s1. The molecule has 1 saturated heterocycles. The van der Waals surface area contributed by atoms with E-state index in [1.807, 2.05) is 24.3 Å². The van der Waals surface area contributed by atoms with Crippen LogP contribution in [0.15, 0.2) is 66.7 Å². The molecule has 2 N–H and O–H groups in total. The van der Waals surface area contributed by atoms with Gasteiger partial charge < -0.3 is 10.6 Å². The summed E-state index contributed by atoms with van der Waals surface area (Å²) in [6.07, 6.45) is -0.105. The van der Waals surface area contributed by atoms with Crippen molar-refractivity contribution in [3.8, 4) is 0 Å². The summed E-state index contributed by atoms with van der Waals surface area (Å²) in [5.41, 5.74) is 2.19. The van der Waals surface area contributed by atoms with E-state index in [0.717, 1.165) is 48.7 Å². The SMILES string of the molecule is CC(C)[C@@H]1Nc2nc(nc3ccccc23)CN2CCN(Cc3ccc4ccccc4c3)CC2NC1=O. The van der Waals surface area contributed by atoms with Crippen LogP contribution >= 0.6 is 0 Å². The number of fused-ring (bicyclic) bond motifs is 6. The number of nitrogens with one attached hydrogen (secondary N) is 2. The molecular weight excluding hydrogens is 448 g/mol. The zero-order valence-corrected chi connectivity index (χ0v) is 20.8. The Balaban J connectivity index is 1.28. The molecule has 1 amide bonds. The number of rotatable bonds is 3. The average Bonchev–Trinajstić information content (AvgIpc) is 2.88. The molecule has 2 aliphatic rings. The second kappa shape index (κ2) is 9.48. The molecule has 184 valence electrons. The summed E-state index contributed by atoms with van der Waals surface area (Å²) >= 11 is 0. The number of carbonyl (C=O) groups is 1. The van der Waals surface area contributed by atoms with Crippen molar-refractivity contribution in [1.29, 1.82) is 0 Å². The summed E-state index contributed by atoms with van der Waals surface area (Å²) in [6, 6.07) is 22.8. The van der Waals surface area contributed by atoms with Gasteiger partial charge in [0.15, 0.2) is 0 Å². The molecule has 0 saturated carbocycles. The summed E-state index contributed by atoms with van der Waals surface area (Å²) in [4.78, 5) is 28.0. The third kappa shape index (κ3) is 4.52. The van der Waals surface area contributed by atoms with E-state index in [0.29, 0.717) is 6.54 Å². The van der Waals surface area contributed by atoms with Crippen LogP contribution in [0, 0.1) is 5.92 Å². The van der Waals surface area contributed by atoms with Crippen LogP contribution in [-0.2, 0) is 17.9 Å². The first-order chi connectivity index (χ1) is 17.5. The molecule has 1 unspecified atom stereocenters. The molecule has 1 fully saturated rings. The van der Waals surface area contributed by atoms with Crippen LogP contribution in [0.1, 0.15) is 25.2 Å². The number of hydrogen-bond donors (Lipinski definition) is 2. The monoisotopic (exact) mass is 480 g/mol. The number of aromatic nitrogens is 2. The van der Waals surface area contributed by atoms with Gasteiger partial charge in [-0.25, -0.2) is 9.97 Å². The molecule has 2 aliphatic heterocycles. The Hall–Kier alpha value is -3.55. The van der Waals surface area contributed by atoms with E-state index >= 15 is 0 Å². The van der Waals surface area contributed by atoms with Crippen molar-refractivity contribution >= 4 is 33.4 Å². The van der Waals surface area contributed by atoms with E-state index in [1.165, 1.54) is 16.3 Å². The summed E-state index contributed by atoms with van der Waals surface area (Å²) < 4.78 is 0. The lowest BCUT2D eigenvalue weighted by Gasteiger charge is -2.42. The average molecular weight is 481 g/mol. The second-order valence-electron chi connectivity index (χ2n) is 10.3. The van der Waals surface area contributed by atoms with Crippen LogP contribution in [-0.4, -0.2) is 57.5 Å². The third-order valence-corrected chi connectivity index (χ3v) is 7.34. The first-order valence-electron chi connectivity index (χ1n) is 12.8. The summed E-state index contributed by atoms with van der Waals surface area (Å²) in [5, 5.41) is 10.3. The molecule has 7 heteroatoms. The van der Waals surface area contributed by atoms with Crippen molar-refractivity contribution in [3.05, 3.63) is 78.1 Å². The van der Waals surface area contributed by atoms with Gasteiger partial charge in [-0.3, -0.25) is 14.6 Å². The van der Waals surface area contributed by atoms with Gasteiger partial charge in [-0.2, -0.15) is 0 Å². The van der Waals surface area contributed by atoms with Crippen molar-refractivity contribution in [2.75, 3.05) is 25.0 Å². The van der Waals surface area contributed by atoms with Crippen molar-refractivity contribution in [3.63, 3.8) is 0 Å². The van der Waals surface area contributed by atoms with Gasteiger partial charge in [0, 0.05) is 31.6 Å². The van der Waals surface area contributed by atoms with Crippen molar-refractivity contribution in [1.82, 2.24) is 25.1 Å². The predicted octanol–water partition coefficient (Wildman–Crippen LogP) is 3.99. The molecule has 2 bridgehead atoms. The fourth-order valence-corrected chi connectivity index (χ4v) is 5.37. The molecule has 1 aromatic heterocycles. The van der Waals surface area contributed by atoms with E-state index in [9.17, 15) is 4.79 Å². The minimum absolute atomic E-state index is 0.0127. The number of amides is 1. The topological polar surface area (TPSA) is 73.4 Å². The quantitative estimate of drug-likeness (QED) is 0.462. The number of carbonyl (C=O) groups excluding carboxylic acids is 1. The molecule has 4 aromatic rings. The van der Waals surface area contributed by atoms with Crippen LogP contribution in [0.4, 0.5) is 5.82 Å². The normalized spacial score (nSPS) is 21.2. The number of benzene rings is 3. The second-order valence-corrected chi connectivity index (χ2v) is 10.3. The van der Waals surface area contributed by atoms with Gasteiger partial charge in [0.2, 0.25) is 5.91 Å². The summed E-state index contributed by atoms with van der Waals surface area (Å²) in [5.74, 6) is 1.63. The Morgan fingerprint density at radius 1 is 0.944 bits per heavy atom. The molecule has 0 radical (unpaired) electrons. The van der Waals surface area contributed by atoms with E-state index in [1.54, 1.807) is 0 Å². The minimum Gasteiger partial charge on any atom is -0.358 e. The third-order valence-electron chi connectivity index (χ3n) is 7.34. The lowest BCUT2D eigenvalue weighted by molar-refractivity contribution is -0.125. The zero-order chi connectivity index (χ0) is 24.6. The number of hydrogen-bond acceptors (Lipinski definition) is 6. The summed E-state index contributed by atoms with van der Waals surface area (Å²) in [7, 11) is 0. The zero-order valence-electron chi connectivity index (χ0n) is 20.8.